The van der Waals surface area contributed by atoms with Crippen molar-refractivity contribution < 1.29 is 4.74 Å². The summed E-state index contributed by atoms with van der Waals surface area (Å²) in [5.74, 6) is 1.28. The smallest absolute Gasteiger partial charge is 0.0959 e. The Morgan fingerprint density at radius 2 is 2.32 bits per heavy atom. The molecular weight excluding hydrogens is 296 g/mol. The number of aromatic nitrogens is 3. The Bertz CT molecular complexity index is 634. The van der Waals surface area contributed by atoms with Crippen molar-refractivity contribution in [3.05, 3.63) is 34.0 Å². The highest BCUT2D eigenvalue weighted by atomic mass is 32.1. The van der Waals surface area contributed by atoms with Gasteiger partial charge in [0.1, 0.15) is 0 Å². The van der Waals surface area contributed by atoms with Gasteiger partial charge in [-0.2, -0.15) is 5.10 Å². The molecule has 2 aromatic rings. The van der Waals surface area contributed by atoms with Crippen molar-refractivity contribution in [1.29, 1.82) is 0 Å². The van der Waals surface area contributed by atoms with Gasteiger partial charge in [-0.25, -0.2) is 4.98 Å². The Labute approximate surface area is 134 Å². The molecule has 1 saturated carbocycles. The van der Waals surface area contributed by atoms with Crippen LogP contribution in [-0.2, 0) is 18.3 Å². The maximum atomic E-state index is 5.90. The van der Waals surface area contributed by atoms with Gasteiger partial charge in [0.05, 0.1) is 23.0 Å². The zero-order valence-corrected chi connectivity index (χ0v) is 13.7. The molecule has 0 spiro atoms. The van der Waals surface area contributed by atoms with E-state index in [4.69, 9.17) is 9.72 Å². The molecule has 22 heavy (non-hydrogen) atoms. The fourth-order valence-electron chi connectivity index (χ4n) is 3.11. The van der Waals surface area contributed by atoms with Gasteiger partial charge in [-0.3, -0.25) is 4.68 Å². The third-order valence-electron chi connectivity index (χ3n) is 4.48. The van der Waals surface area contributed by atoms with Crippen LogP contribution >= 0.6 is 11.3 Å². The molecule has 5 nitrogen and oxygen atoms in total. The van der Waals surface area contributed by atoms with Crippen LogP contribution in [0.4, 0.5) is 0 Å². The van der Waals surface area contributed by atoms with Crippen LogP contribution in [0.5, 0.6) is 0 Å². The van der Waals surface area contributed by atoms with Crippen LogP contribution in [0.25, 0.3) is 0 Å². The Kier molecular flexibility index (Phi) is 3.98. The molecule has 2 atom stereocenters. The minimum Gasteiger partial charge on any atom is -0.373 e. The zero-order chi connectivity index (χ0) is 14.9. The number of nitrogens with one attached hydrogen (secondary N) is 1. The van der Waals surface area contributed by atoms with E-state index in [0.717, 1.165) is 32.0 Å². The van der Waals surface area contributed by atoms with E-state index in [1.165, 1.54) is 29.1 Å². The van der Waals surface area contributed by atoms with E-state index in [2.05, 4.69) is 22.0 Å². The number of hydrogen-bond donors (Lipinski definition) is 1. The number of thiazole rings is 1. The summed E-state index contributed by atoms with van der Waals surface area (Å²) in [5.41, 5.74) is 2.38. The van der Waals surface area contributed by atoms with E-state index in [-0.39, 0.29) is 6.10 Å². The second kappa shape index (κ2) is 6.10. The van der Waals surface area contributed by atoms with Gasteiger partial charge in [0.2, 0.25) is 0 Å². The Balaban J connectivity index is 1.30. The van der Waals surface area contributed by atoms with Crippen LogP contribution in [0.15, 0.2) is 17.8 Å². The number of hydrogen-bond acceptors (Lipinski definition) is 5. The fourth-order valence-corrected chi connectivity index (χ4v) is 4.10. The molecule has 2 aromatic heterocycles. The summed E-state index contributed by atoms with van der Waals surface area (Å²) in [6, 6.07) is 0. The normalized spacial score (nSPS) is 25.0. The van der Waals surface area contributed by atoms with Crippen LogP contribution < -0.4 is 5.32 Å². The predicted octanol–water partition coefficient (Wildman–Crippen LogP) is 2.62. The highest BCUT2D eigenvalue weighted by Crippen LogP contribution is 2.41. The molecule has 1 saturated heterocycles. The van der Waals surface area contributed by atoms with Crippen molar-refractivity contribution in [2.45, 2.75) is 37.8 Å². The molecule has 118 valence electrons. The molecule has 0 amide bonds. The van der Waals surface area contributed by atoms with Gasteiger partial charge in [-0.1, -0.05) is 0 Å². The lowest BCUT2D eigenvalue weighted by Crippen LogP contribution is -2.24. The predicted molar refractivity (Wildman–Crippen MR) is 85.8 cm³/mol. The monoisotopic (exact) mass is 318 g/mol. The molecule has 6 heteroatoms. The Morgan fingerprint density at radius 1 is 1.41 bits per heavy atom. The maximum Gasteiger partial charge on any atom is 0.0959 e. The largest absolute Gasteiger partial charge is 0.373 e. The first-order valence-electron chi connectivity index (χ1n) is 8.05. The van der Waals surface area contributed by atoms with Crippen molar-refractivity contribution in [3.63, 3.8) is 0 Å². The molecule has 1 aliphatic carbocycles. The third-order valence-corrected chi connectivity index (χ3v) is 5.53. The van der Waals surface area contributed by atoms with Crippen molar-refractivity contribution in [1.82, 2.24) is 20.1 Å². The Hall–Kier alpha value is -1.24. The first-order chi connectivity index (χ1) is 10.8. The van der Waals surface area contributed by atoms with Crippen molar-refractivity contribution >= 4 is 11.3 Å². The molecule has 2 aliphatic rings. The summed E-state index contributed by atoms with van der Waals surface area (Å²) in [6.45, 7) is 2.67. The highest BCUT2D eigenvalue weighted by molar-refractivity contribution is 7.09. The number of rotatable bonds is 6. The SMILES string of the molecule is Cn1cc([C@H]2OCC[C@H]2CNCc2csc(C3CC3)n2)cn1. The zero-order valence-electron chi connectivity index (χ0n) is 12.9. The summed E-state index contributed by atoms with van der Waals surface area (Å²) >= 11 is 1.82. The Morgan fingerprint density at radius 3 is 3.09 bits per heavy atom. The van der Waals surface area contributed by atoms with Crippen LogP contribution in [0, 0.1) is 5.92 Å². The molecule has 0 radical (unpaired) electrons. The summed E-state index contributed by atoms with van der Waals surface area (Å²) in [5, 5.41) is 11.3. The average molecular weight is 318 g/mol. The average Bonchev–Trinajstić information content (AvgIpc) is 2.90. The minimum atomic E-state index is 0.179. The van der Waals surface area contributed by atoms with Crippen molar-refractivity contribution in [3.8, 4) is 0 Å². The molecule has 0 unspecified atom stereocenters. The summed E-state index contributed by atoms with van der Waals surface area (Å²) < 4.78 is 7.75. The standard InChI is InChI=1S/C16H22N4OS/c1-20-9-13(7-18-20)15-12(4-5-21-15)6-17-8-14-10-22-16(19-14)11-2-3-11/h7,9-12,15,17H,2-6,8H2,1H3/t12-,15-/m0/s1. The summed E-state index contributed by atoms with van der Waals surface area (Å²) in [6.07, 6.45) is 7.92. The van der Waals surface area contributed by atoms with Gasteiger partial charge in [-0.05, 0) is 19.3 Å². The molecule has 0 bridgehead atoms. The highest BCUT2D eigenvalue weighted by Gasteiger charge is 2.30. The second-order valence-electron chi connectivity index (χ2n) is 6.37. The number of ether oxygens (including phenoxy) is 1. The summed E-state index contributed by atoms with van der Waals surface area (Å²) in [4.78, 5) is 4.73. The van der Waals surface area contributed by atoms with E-state index in [1.54, 1.807) is 0 Å². The third kappa shape index (κ3) is 3.09. The van der Waals surface area contributed by atoms with E-state index >= 15 is 0 Å². The van der Waals surface area contributed by atoms with Gasteiger partial charge in [-0.15, -0.1) is 11.3 Å². The first kappa shape index (κ1) is 14.4. The van der Waals surface area contributed by atoms with Gasteiger partial charge in [0.25, 0.3) is 0 Å². The van der Waals surface area contributed by atoms with E-state index < -0.39 is 0 Å². The van der Waals surface area contributed by atoms with Crippen LogP contribution in [0.3, 0.4) is 0 Å². The lowest BCUT2D eigenvalue weighted by Gasteiger charge is -2.17. The van der Waals surface area contributed by atoms with Crippen molar-refractivity contribution in [2.24, 2.45) is 13.0 Å². The molecule has 2 fully saturated rings. The topological polar surface area (TPSA) is 52.0 Å². The van der Waals surface area contributed by atoms with Gasteiger partial charge >= 0.3 is 0 Å². The van der Waals surface area contributed by atoms with Gasteiger partial charge < -0.3 is 10.1 Å². The van der Waals surface area contributed by atoms with Crippen LogP contribution in [0.2, 0.25) is 0 Å². The first-order valence-corrected chi connectivity index (χ1v) is 8.93. The maximum absolute atomic E-state index is 5.90. The number of aryl methyl sites for hydroxylation is 1. The van der Waals surface area contributed by atoms with E-state index in [1.807, 2.05) is 29.3 Å². The van der Waals surface area contributed by atoms with Crippen LogP contribution in [0.1, 0.15) is 47.5 Å². The van der Waals surface area contributed by atoms with E-state index in [0.29, 0.717) is 5.92 Å². The molecular formula is C16H22N4OS. The van der Waals surface area contributed by atoms with Crippen molar-refractivity contribution in [2.75, 3.05) is 13.2 Å². The van der Waals surface area contributed by atoms with E-state index in [9.17, 15) is 0 Å². The molecule has 1 aliphatic heterocycles. The molecule has 0 aromatic carbocycles. The van der Waals surface area contributed by atoms with Gasteiger partial charge in [0, 0.05) is 55.7 Å². The molecule has 3 heterocycles. The quantitative estimate of drug-likeness (QED) is 0.889. The lowest BCUT2D eigenvalue weighted by atomic mass is 9.97. The van der Waals surface area contributed by atoms with Gasteiger partial charge in [0.15, 0.2) is 0 Å². The molecule has 4 rings (SSSR count). The lowest BCUT2D eigenvalue weighted by molar-refractivity contribution is 0.0904. The minimum absolute atomic E-state index is 0.179. The second-order valence-corrected chi connectivity index (χ2v) is 7.26. The summed E-state index contributed by atoms with van der Waals surface area (Å²) in [7, 11) is 1.95. The number of nitrogens with zero attached hydrogens (tertiary/aromatic N) is 3. The molecule has 1 N–H and O–H groups in total. The van der Waals surface area contributed by atoms with Crippen LogP contribution in [-0.4, -0.2) is 27.9 Å². The fraction of sp³-hybridized carbons (Fsp3) is 0.625.